The summed E-state index contributed by atoms with van der Waals surface area (Å²) in [4.78, 5) is 5.51. The average molecular weight is 382 g/mol. The van der Waals surface area contributed by atoms with Crippen molar-refractivity contribution in [1.29, 1.82) is 0 Å². The Kier molecular flexibility index (Phi) is 5.25. The summed E-state index contributed by atoms with van der Waals surface area (Å²) in [5, 5.41) is 8.40. The summed E-state index contributed by atoms with van der Waals surface area (Å²) in [7, 11) is 1.97. The van der Waals surface area contributed by atoms with Gasteiger partial charge in [0, 0.05) is 28.8 Å². The highest BCUT2D eigenvalue weighted by molar-refractivity contribution is 5.97. The van der Waals surface area contributed by atoms with E-state index in [1.165, 1.54) is 6.07 Å². The molecule has 0 saturated carbocycles. The topological polar surface area (TPSA) is 68.5 Å². The summed E-state index contributed by atoms with van der Waals surface area (Å²) in [5.74, 6) is -0.109. The highest BCUT2D eigenvalue weighted by Gasteiger charge is 2.15. The number of aromatic nitrogens is 2. The molecule has 0 amide bonds. The lowest BCUT2D eigenvalue weighted by molar-refractivity contribution is -0.670. The van der Waals surface area contributed by atoms with Gasteiger partial charge >= 0.3 is 0 Å². The lowest BCUT2D eigenvalue weighted by atomic mass is 10.1. The summed E-state index contributed by atoms with van der Waals surface area (Å²) in [6.45, 7) is 2.27. The number of pyridine rings is 1. The fraction of sp³-hybridized carbons (Fsp3) is 0.333. The molecule has 4 rings (SSSR count). The minimum Gasteiger partial charge on any atom is -0.391 e. The van der Waals surface area contributed by atoms with Crippen molar-refractivity contribution in [3.63, 3.8) is 0 Å². The van der Waals surface area contributed by atoms with Crippen molar-refractivity contribution in [3.8, 4) is 0 Å². The van der Waals surface area contributed by atoms with Crippen molar-refractivity contribution in [2.75, 3.05) is 13.1 Å². The molecule has 1 saturated heterocycles. The second-order valence-corrected chi connectivity index (χ2v) is 7.23. The van der Waals surface area contributed by atoms with Gasteiger partial charge in [-0.1, -0.05) is 17.3 Å². The van der Waals surface area contributed by atoms with E-state index in [-0.39, 0.29) is 17.8 Å². The van der Waals surface area contributed by atoms with Crippen molar-refractivity contribution in [2.45, 2.75) is 25.5 Å². The third-order valence-corrected chi connectivity index (χ3v) is 5.13. The van der Waals surface area contributed by atoms with Gasteiger partial charge in [-0.2, -0.15) is 0 Å². The van der Waals surface area contributed by atoms with E-state index in [9.17, 15) is 4.39 Å². The zero-order valence-corrected chi connectivity index (χ0v) is 15.9. The molecular weight excluding hydrogens is 357 g/mol. The minimum absolute atomic E-state index is 0.0623. The number of benzene rings is 1. The van der Waals surface area contributed by atoms with Crippen molar-refractivity contribution in [1.82, 2.24) is 9.88 Å². The standard InChI is InChI=1S/C21H25FN5O/c1-26-10-6-15-7-11-27(20(15)14-26)13-17-3-2-16(12-19(17)22)21(23)25-28-18-4-8-24-9-5-18/h2-3,6-7,10-12,14,18,24H,4-5,8-9,13H2,1H3,(H2,23,25)/q+1. The Bertz CT molecular complexity index is 1010. The van der Waals surface area contributed by atoms with Crippen LogP contribution in [0.25, 0.3) is 10.9 Å². The molecule has 146 valence electrons. The van der Waals surface area contributed by atoms with Gasteiger partial charge in [0.15, 0.2) is 18.2 Å². The Morgan fingerprint density at radius 1 is 1.32 bits per heavy atom. The normalized spacial score (nSPS) is 15.9. The van der Waals surface area contributed by atoms with Crippen LogP contribution in [0, 0.1) is 5.82 Å². The van der Waals surface area contributed by atoms with E-state index in [0.717, 1.165) is 36.8 Å². The first-order chi connectivity index (χ1) is 13.6. The third kappa shape index (κ3) is 3.99. The summed E-state index contributed by atoms with van der Waals surface area (Å²) in [5.41, 5.74) is 8.18. The molecule has 0 spiro atoms. The Morgan fingerprint density at radius 2 is 2.14 bits per heavy atom. The molecule has 1 aromatic carbocycles. The van der Waals surface area contributed by atoms with Gasteiger partial charge < -0.3 is 20.5 Å². The van der Waals surface area contributed by atoms with E-state index in [4.69, 9.17) is 10.6 Å². The Morgan fingerprint density at radius 3 is 2.93 bits per heavy atom. The predicted octanol–water partition coefficient (Wildman–Crippen LogP) is 2.04. The highest BCUT2D eigenvalue weighted by Crippen LogP contribution is 2.18. The van der Waals surface area contributed by atoms with Gasteiger partial charge in [0.25, 0.3) is 0 Å². The molecule has 0 atom stereocenters. The van der Waals surface area contributed by atoms with Crippen LogP contribution in [0.2, 0.25) is 0 Å². The van der Waals surface area contributed by atoms with Crippen molar-refractivity contribution >= 4 is 16.7 Å². The van der Waals surface area contributed by atoms with Gasteiger partial charge in [-0.25, -0.2) is 8.96 Å². The maximum Gasteiger partial charge on any atom is 0.193 e. The first kappa shape index (κ1) is 18.4. The second kappa shape index (κ2) is 7.98. The van der Waals surface area contributed by atoms with Crippen LogP contribution in [0.15, 0.2) is 54.1 Å². The van der Waals surface area contributed by atoms with E-state index in [1.54, 1.807) is 12.1 Å². The molecule has 6 nitrogen and oxygen atoms in total. The molecule has 3 N–H and O–H groups in total. The number of nitrogens with one attached hydrogen (secondary N) is 1. The number of nitrogens with two attached hydrogens (primary N) is 1. The number of fused-ring (bicyclic) bond motifs is 1. The molecule has 0 unspecified atom stereocenters. The van der Waals surface area contributed by atoms with Crippen LogP contribution >= 0.6 is 0 Å². The molecule has 1 fully saturated rings. The number of rotatable bonds is 5. The minimum atomic E-state index is -0.306. The average Bonchev–Trinajstić information content (AvgIpc) is 3.10. The quantitative estimate of drug-likeness (QED) is 0.307. The smallest absolute Gasteiger partial charge is 0.193 e. The predicted molar refractivity (Wildman–Crippen MR) is 106 cm³/mol. The van der Waals surface area contributed by atoms with Gasteiger partial charge in [0.2, 0.25) is 0 Å². The largest absolute Gasteiger partial charge is 0.391 e. The van der Waals surface area contributed by atoms with Gasteiger partial charge in [-0.15, -0.1) is 0 Å². The number of amidine groups is 1. The monoisotopic (exact) mass is 382 g/mol. The van der Waals surface area contributed by atoms with Crippen LogP contribution in [0.1, 0.15) is 24.0 Å². The molecule has 1 aliphatic heterocycles. The molecule has 1 aliphatic rings. The Labute approximate surface area is 163 Å². The number of hydrogen-bond acceptors (Lipinski definition) is 3. The number of nitrogens with zero attached hydrogens (tertiary/aromatic N) is 3. The van der Waals surface area contributed by atoms with Crippen LogP contribution in [-0.4, -0.2) is 29.6 Å². The van der Waals surface area contributed by atoms with Gasteiger partial charge in [0.05, 0.1) is 6.54 Å². The van der Waals surface area contributed by atoms with Crippen LogP contribution in [0.3, 0.4) is 0 Å². The zero-order valence-electron chi connectivity index (χ0n) is 15.9. The highest BCUT2D eigenvalue weighted by atomic mass is 19.1. The van der Waals surface area contributed by atoms with Crippen LogP contribution in [0.4, 0.5) is 4.39 Å². The SMILES string of the molecule is C[n+]1ccc2ccn(Cc3ccc(C(N)=NOC4CCNCC4)cc3F)c2c1. The van der Waals surface area contributed by atoms with E-state index < -0.39 is 0 Å². The summed E-state index contributed by atoms with van der Waals surface area (Å²) >= 11 is 0. The number of aryl methyl sites for hydroxylation is 1. The maximum atomic E-state index is 14.7. The molecule has 3 heterocycles. The summed E-state index contributed by atoms with van der Waals surface area (Å²) in [6.07, 6.45) is 7.85. The second-order valence-electron chi connectivity index (χ2n) is 7.23. The molecule has 7 heteroatoms. The summed E-state index contributed by atoms with van der Waals surface area (Å²) < 4.78 is 18.7. The third-order valence-electron chi connectivity index (χ3n) is 5.13. The van der Waals surface area contributed by atoms with Crippen molar-refractivity contribution in [3.05, 3.63) is 65.9 Å². The molecule has 3 aromatic rings. The lowest BCUT2D eigenvalue weighted by Crippen LogP contribution is -2.32. The Balaban J connectivity index is 1.50. The first-order valence-corrected chi connectivity index (χ1v) is 9.53. The lowest BCUT2D eigenvalue weighted by Gasteiger charge is -2.20. The summed E-state index contributed by atoms with van der Waals surface area (Å²) in [6, 6.07) is 9.04. The van der Waals surface area contributed by atoms with Crippen LogP contribution < -0.4 is 15.6 Å². The molecule has 0 aliphatic carbocycles. The fourth-order valence-electron chi connectivity index (χ4n) is 3.47. The van der Waals surface area contributed by atoms with Crippen LogP contribution in [0.5, 0.6) is 0 Å². The van der Waals surface area contributed by atoms with E-state index >= 15 is 0 Å². The molecular formula is C21H25FN5O+. The van der Waals surface area contributed by atoms with E-state index in [1.807, 2.05) is 46.9 Å². The van der Waals surface area contributed by atoms with Crippen LogP contribution in [-0.2, 0) is 18.4 Å². The number of hydrogen-bond donors (Lipinski definition) is 2. The molecule has 28 heavy (non-hydrogen) atoms. The fourth-order valence-corrected chi connectivity index (χ4v) is 3.47. The molecule has 2 aromatic heterocycles. The Hall–Kier alpha value is -2.93. The van der Waals surface area contributed by atoms with Crippen molar-refractivity contribution < 1.29 is 13.8 Å². The van der Waals surface area contributed by atoms with E-state index in [0.29, 0.717) is 17.7 Å². The van der Waals surface area contributed by atoms with Gasteiger partial charge in [0.1, 0.15) is 24.5 Å². The number of halogens is 1. The van der Waals surface area contributed by atoms with Crippen molar-refractivity contribution in [2.24, 2.45) is 17.9 Å². The first-order valence-electron chi connectivity index (χ1n) is 9.53. The maximum absolute atomic E-state index is 14.7. The van der Waals surface area contributed by atoms with E-state index in [2.05, 4.69) is 10.5 Å². The number of piperidine rings is 1. The molecule has 0 bridgehead atoms. The van der Waals surface area contributed by atoms with Gasteiger partial charge in [-0.05, 0) is 38.1 Å². The van der Waals surface area contributed by atoms with Gasteiger partial charge in [-0.3, -0.25) is 0 Å². The number of oxime groups is 1. The zero-order chi connectivity index (χ0) is 19.5. The molecule has 0 radical (unpaired) electrons.